The minimum atomic E-state index is -1.23. The minimum absolute atomic E-state index is 0.0550. The van der Waals surface area contributed by atoms with Gasteiger partial charge in [-0.3, -0.25) is 0 Å². The Bertz CT molecular complexity index is 623. The fourth-order valence-corrected chi connectivity index (χ4v) is 1.88. The molecule has 2 aromatic rings. The topological polar surface area (TPSA) is 64.4 Å². The van der Waals surface area contributed by atoms with Crippen LogP contribution in [0.5, 0.6) is 5.75 Å². The molecule has 0 spiro atoms. The van der Waals surface area contributed by atoms with Crippen molar-refractivity contribution in [2.75, 3.05) is 0 Å². The van der Waals surface area contributed by atoms with E-state index in [9.17, 15) is 9.18 Å². The zero-order chi connectivity index (χ0) is 14.7. The first-order chi connectivity index (χ1) is 9.50. The predicted molar refractivity (Wildman–Crippen MR) is 70.3 cm³/mol. The lowest BCUT2D eigenvalue weighted by atomic mass is 10.2. The van der Waals surface area contributed by atoms with Gasteiger partial charge in [0.25, 0.3) is 0 Å². The maximum Gasteiger partial charge on any atom is 0.339 e. The van der Waals surface area contributed by atoms with E-state index in [4.69, 9.17) is 9.84 Å². The molecular formula is C14H15FN2O3. The average molecular weight is 278 g/mol. The van der Waals surface area contributed by atoms with E-state index in [1.54, 1.807) is 12.5 Å². The third-order valence-corrected chi connectivity index (χ3v) is 2.86. The molecule has 1 heterocycles. The predicted octanol–water partition coefficient (Wildman–Crippen LogP) is 2.88. The van der Waals surface area contributed by atoms with Crippen LogP contribution in [0.15, 0.2) is 30.7 Å². The molecule has 0 bridgehead atoms. The highest BCUT2D eigenvalue weighted by Gasteiger charge is 2.16. The van der Waals surface area contributed by atoms with Crippen LogP contribution in [0.1, 0.15) is 35.9 Å². The molecule has 6 heteroatoms. The summed E-state index contributed by atoms with van der Waals surface area (Å²) in [5, 5.41) is 9.03. The van der Waals surface area contributed by atoms with Crippen molar-refractivity contribution in [2.45, 2.75) is 26.5 Å². The number of hydrogen-bond acceptors (Lipinski definition) is 3. The van der Waals surface area contributed by atoms with Gasteiger partial charge in [-0.15, -0.1) is 0 Å². The molecule has 0 amide bonds. The van der Waals surface area contributed by atoms with Crippen LogP contribution in [-0.2, 0) is 6.61 Å². The van der Waals surface area contributed by atoms with Gasteiger partial charge in [0, 0.05) is 6.04 Å². The fourth-order valence-electron chi connectivity index (χ4n) is 1.88. The maximum atomic E-state index is 13.7. The monoisotopic (exact) mass is 278 g/mol. The molecule has 0 unspecified atom stereocenters. The second kappa shape index (κ2) is 5.73. The van der Waals surface area contributed by atoms with Gasteiger partial charge in [-0.2, -0.15) is 0 Å². The van der Waals surface area contributed by atoms with E-state index >= 15 is 0 Å². The lowest BCUT2D eigenvalue weighted by molar-refractivity contribution is 0.0690. The van der Waals surface area contributed by atoms with Gasteiger partial charge in [0.15, 0.2) is 11.6 Å². The Hall–Kier alpha value is -2.37. The summed E-state index contributed by atoms with van der Waals surface area (Å²) in [7, 11) is 0. The van der Waals surface area contributed by atoms with Crippen molar-refractivity contribution < 1.29 is 19.0 Å². The summed E-state index contributed by atoms with van der Waals surface area (Å²) < 4.78 is 20.9. The van der Waals surface area contributed by atoms with E-state index in [-0.39, 0.29) is 24.0 Å². The zero-order valence-corrected chi connectivity index (χ0v) is 11.2. The third kappa shape index (κ3) is 2.79. The number of aromatic nitrogens is 2. The van der Waals surface area contributed by atoms with Crippen molar-refractivity contribution in [3.63, 3.8) is 0 Å². The van der Waals surface area contributed by atoms with Gasteiger partial charge in [0.1, 0.15) is 12.2 Å². The Balaban J connectivity index is 2.23. The SMILES string of the molecule is CC(C)n1cncc1COc1c(F)cccc1C(=O)O. The molecule has 0 saturated heterocycles. The van der Waals surface area contributed by atoms with Crippen LogP contribution >= 0.6 is 0 Å². The van der Waals surface area contributed by atoms with E-state index in [0.29, 0.717) is 0 Å². The highest BCUT2D eigenvalue weighted by Crippen LogP contribution is 2.24. The standard InChI is InChI=1S/C14H15FN2O3/c1-9(2)17-8-16-6-10(17)7-20-13-11(14(18)19)4-3-5-12(13)15/h3-6,8-9H,7H2,1-2H3,(H,18,19). The third-order valence-electron chi connectivity index (χ3n) is 2.86. The van der Waals surface area contributed by atoms with Crippen molar-refractivity contribution >= 4 is 5.97 Å². The number of nitrogens with zero attached hydrogens (tertiary/aromatic N) is 2. The minimum Gasteiger partial charge on any atom is -0.483 e. The van der Waals surface area contributed by atoms with Crippen LogP contribution in [-0.4, -0.2) is 20.6 Å². The Morgan fingerprint density at radius 2 is 2.25 bits per heavy atom. The van der Waals surface area contributed by atoms with Gasteiger partial charge >= 0.3 is 5.97 Å². The van der Waals surface area contributed by atoms with E-state index < -0.39 is 11.8 Å². The number of aromatic carboxylic acids is 1. The summed E-state index contributed by atoms with van der Waals surface area (Å²) in [4.78, 5) is 15.1. The van der Waals surface area contributed by atoms with Gasteiger partial charge in [-0.1, -0.05) is 6.07 Å². The number of imidazole rings is 1. The summed E-state index contributed by atoms with van der Waals surface area (Å²) in [6.07, 6.45) is 3.27. The van der Waals surface area contributed by atoms with Crippen molar-refractivity contribution in [3.05, 3.63) is 47.8 Å². The second-order valence-corrected chi connectivity index (χ2v) is 4.60. The highest BCUT2D eigenvalue weighted by molar-refractivity contribution is 5.90. The quantitative estimate of drug-likeness (QED) is 0.913. The normalized spacial score (nSPS) is 10.8. The summed E-state index contributed by atoms with van der Waals surface area (Å²) in [6.45, 7) is 4.02. The van der Waals surface area contributed by atoms with Crippen LogP contribution in [0.4, 0.5) is 4.39 Å². The molecule has 0 aliphatic rings. The largest absolute Gasteiger partial charge is 0.483 e. The van der Waals surface area contributed by atoms with E-state index in [2.05, 4.69) is 4.98 Å². The maximum absolute atomic E-state index is 13.7. The smallest absolute Gasteiger partial charge is 0.339 e. The van der Waals surface area contributed by atoms with Gasteiger partial charge in [-0.25, -0.2) is 14.2 Å². The molecule has 0 saturated carbocycles. The molecule has 0 atom stereocenters. The van der Waals surface area contributed by atoms with Crippen LogP contribution in [0, 0.1) is 5.82 Å². The number of hydrogen-bond donors (Lipinski definition) is 1. The Kier molecular flexibility index (Phi) is 4.02. The van der Waals surface area contributed by atoms with Gasteiger partial charge in [-0.05, 0) is 26.0 Å². The lowest BCUT2D eigenvalue weighted by Gasteiger charge is -2.14. The zero-order valence-electron chi connectivity index (χ0n) is 11.2. The molecular weight excluding hydrogens is 263 g/mol. The van der Waals surface area contributed by atoms with Gasteiger partial charge in [0.05, 0.1) is 18.2 Å². The Labute approximate surface area is 115 Å². The Morgan fingerprint density at radius 3 is 2.90 bits per heavy atom. The molecule has 0 aliphatic carbocycles. The molecule has 0 fully saturated rings. The molecule has 5 nitrogen and oxygen atoms in total. The molecule has 1 aromatic carbocycles. The summed E-state index contributed by atoms with van der Waals surface area (Å²) >= 11 is 0. The number of carboxylic acids is 1. The van der Waals surface area contributed by atoms with Crippen molar-refractivity contribution in [1.82, 2.24) is 9.55 Å². The number of benzene rings is 1. The van der Waals surface area contributed by atoms with Crippen LogP contribution in [0.25, 0.3) is 0 Å². The number of halogens is 1. The van der Waals surface area contributed by atoms with Crippen LogP contribution < -0.4 is 4.74 Å². The lowest BCUT2D eigenvalue weighted by Crippen LogP contribution is -2.10. The first-order valence-electron chi connectivity index (χ1n) is 6.16. The molecule has 20 heavy (non-hydrogen) atoms. The van der Waals surface area contributed by atoms with Crippen molar-refractivity contribution in [2.24, 2.45) is 0 Å². The van der Waals surface area contributed by atoms with Crippen LogP contribution in [0.2, 0.25) is 0 Å². The molecule has 1 N–H and O–H groups in total. The molecule has 0 aliphatic heterocycles. The van der Waals surface area contributed by atoms with Crippen molar-refractivity contribution in [3.8, 4) is 5.75 Å². The summed E-state index contributed by atoms with van der Waals surface area (Å²) in [5.74, 6) is -2.17. The molecule has 2 rings (SSSR count). The Morgan fingerprint density at radius 1 is 1.50 bits per heavy atom. The summed E-state index contributed by atoms with van der Waals surface area (Å²) in [5.41, 5.74) is 0.556. The van der Waals surface area contributed by atoms with E-state index in [1.807, 2.05) is 18.4 Å². The van der Waals surface area contributed by atoms with Crippen molar-refractivity contribution in [1.29, 1.82) is 0 Å². The fraction of sp³-hybridized carbons (Fsp3) is 0.286. The highest BCUT2D eigenvalue weighted by atomic mass is 19.1. The molecule has 0 radical (unpaired) electrons. The first kappa shape index (κ1) is 14.0. The summed E-state index contributed by atoms with van der Waals surface area (Å²) in [6, 6.07) is 4.00. The van der Waals surface area contributed by atoms with E-state index in [1.165, 1.54) is 18.2 Å². The number of rotatable bonds is 5. The molecule has 106 valence electrons. The van der Waals surface area contributed by atoms with Gasteiger partial charge < -0.3 is 14.4 Å². The van der Waals surface area contributed by atoms with E-state index in [0.717, 1.165) is 5.69 Å². The number of para-hydroxylation sites is 1. The number of ether oxygens (including phenoxy) is 1. The second-order valence-electron chi connectivity index (χ2n) is 4.60. The molecule has 1 aromatic heterocycles. The first-order valence-corrected chi connectivity index (χ1v) is 6.16. The van der Waals surface area contributed by atoms with Gasteiger partial charge in [0.2, 0.25) is 0 Å². The average Bonchev–Trinajstić information content (AvgIpc) is 2.85. The number of carboxylic acid groups (broad SMARTS) is 1. The number of carbonyl (C=O) groups is 1. The van der Waals surface area contributed by atoms with Crippen LogP contribution in [0.3, 0.4) is 0 Å².